The predicted octanol–water partition coefficient (Wildman–Crippen LogP) is 8.23. The lowest BCUT2D eigenvalue weighted by Gasteiger charge is -2.08. The number of carbonyl (C=O) groups is 1. The highest BCUT2D eigenvalue weighted by molar-refractivity contribution is 5.83. The van der Waals surface area contributed by atoms with Gasteiger partial charge in [0.2, 0.25) is 0 Å². The molecule has 1 heterocycles. The smallest absolute Gasteiger partial charge is 0.123 e. The van der Waals surface area contributed by atoms with E-state index >= 15 is 0 Å². The van der Waals surface area contributed by atoms with Crippen molar-refractivity contribution in [3.8, 4) is 0 Å². The van der Waals surface area contributed by atoms with E-state index in [1.807, 2.05) is 13.2 Å². The second kappa shape index (κ2) is 23.0. The number of unbranched alkanes of at least 4 members (excludes halogenated alkanes) is 6. The van der Waals surface area contributed by atoms with Gasteiger partial charge in [-0.3, -0.25) is 0 Å². The fourth-order valence-corrected chi connectivity index (χ4v) is 2.58. The van der Waals surface area contributed by atoms with Crippen LogP contribution in [0.25, 0.3) is 10.9 Å². The van der Waals surface area contributed by atoms with Crippen LogP contribution in [0.1, 0.15) is 105 Å². The van der Waals surface area contributed by atoms with Crippen LogP contribution < -0.4 is 5.32 Å². The van der Waals surface area contributed by atoms with Crippen LogP contribution in [-0.4, -0.2) is 24.4 Å². The van der Waals surface area contributed by atoms with Crippen molar-refractivity contribution in [3.63, 3.8) is 0 Å². The van der Waals surface area contributed by atoms with Crippen LogP contribution in [0.15, 0.2) is 24.4 Å². The molecule has 1 atom stereocenters. The number of H-pyrrole nitrogens is 1. The van der Waals surface area contributed by atoms with Gasteiger partial charge in [0.25, 0.3) is 0 Å². The summed E-state index contributed by atoms with van der Waals surface area (Å²) < 4.78 is 13.1. The number of fused-ring (bicyclic) bond motifs is 1. The van der Waals surface area contributed by atoms with E-state index in [2.05, 4.69) is 51.8 Å². The fraction of sp³-hybridized carbons (Fsp3) is 0.667. The molecule has 180 valence electrons. The van der Waals surface area contributed by atoms with Gasteiger partial charge in [0, 0.05) is 29.6 Å². The molecule has 0 aliphatic heterocycles. The van der Waals surface area contributed by atoms with Crippen molar-refractivity contribution in [1.29, 1.82) is 0 Å². The Bertz CT molecular complexity index is 635. The molecule has 0 radical (unpaired) electrons. The summed E-state index contributed by atoms with van der Waals surface area (Å²) in [5.74, 6) is -0.180. The molecule has 4 heteroatoms. The molecule has 0 saturated heterocycles. The molecule has 0 spiro atoms. The van der Waals surface area contributed by atoms with E-state index in [-0.39, 0.29) is 5.82 Å². The van der Waals surface area contributed by atoms with Crippen molar-refractivity contribution in [2.75, 3.05) is 7.05 Å². The van der Waals surface area contributed by atoms with Gasteiger partial charge in [-0.15, -0.1) is 0 Å². The van der Waals surface area contributed by atoms with Gasteiger partial charge in [-0.1, -0.05) is 79.6 Å². The standard InChI is InChI=1S/C12H15FN2.C6H12O.C5H12.C4H10/c1-8(14-2)5-9-7-15-12-4-3-10(13)6-11(9)12;1-2-3-4-5-6-7;1-3-5-4-2;1-3-4-2/h3-4,6-8,14-15H,5H2,1-2H3;6H,2-5H2,1H3;3-5H2,1-2H3;3-4H2,1-2H3. The summed E-state index contributed by atoms with van der Waals surface area (Å²) in [6.45, 7) is 13.0. The van der Waals surface area contributed by atoms with Crippen LogP contribution in [0.2, 0.25) is 0 Å². The molecule has 0 aliphatic rings. The van der Waals surface area contributed by atoms with E-state index in [1.165, 1.54) is 51.0 Å². The average molecular weight is 437 g/mol. The van der Waals surface area contributed by atoms with Crippen molar-refractivity contribution < 1.29 is 9.18 Å². The Labute approximate surface area is 191 Å². The average Bonchev–Trinajstić information content (AvgIpc) is 3.17. The van der Waals surface area contributed by atoms with Gasteiger partial charge in [0.1, 0.15) is 12.1 Å². The largest absolute Gasteiger partial charge is 0.361 e. The Morgan fingerprint density at radius 2 is 1.58 bits per heavy atom. The summed E-state index contributed by atoms with van der Waals surface area (Å²) in [6, 6.07) is 5.23. The minimum Gasteiger partial charge on any atom is -0.361 e. The molecule has 1 unspecified atom stereocenters. The highest BCUT2D eigenvalue weighted by Crippen LogP contribution is 2.20. The molecule has 2 aromatic rings. The third-order valence-electron chi connectivity index (χ3n) is 4.88. The number of hydrogen-bond acceptors (Lipinski definition) is 2. The summed E-state index contributed by atoms with van der Waals surface area (Å²) in [5.41, 5.74) is 2.15. The number of benzene rings is 1. The van der Waals surface area contributed by atoms with E-state index in [4.69, 9.17) is 0 Å². The van der Waals surface area contributed by atoms with Gasteiger partial charge in [-0.05, 0) is 50.6 Å². The normalized spacial score (nSPS) is 10.7. The second-order valence-electron chi connectivity index (χ2n) is 7.91. The highest BCUT2D eigenvalue weighted by Gasteiger charge is 2.07. The zero-order valence-electron chi connectivity index (χ0n) is 21.3. The van der Waals surface area contributed by atoms with E-state index in [9.17, 15) is 9.18 Å². The quantitative estimate of drug-likeness (QED) is 0.291. The molecule has 0 bridgehead atoms. The highest BCUT2D eigenvalue weighted by atomic mass is 19.1. The number of aromatic nitrogens is 1. The number of rotatable bonds is 10. The molecule has 2 rings (SSSR count). The number of aromatic amines is 1. The lowest BCUT2D eigenvalue weighted by Crippen LogP contribution is -2.23. The third kappa shape index (κ3) is 17.7. The first-order valence-electron chi connectivity index (χ1n) is 12.3. The number of halogens is 1. The van der Waals surface area contributed by atoms with Crippen LogP contribution in [0.4, 0.5) is 4.39 Å². The van der Waals surface area contributed by atoms with Gasteiger partial charge in [0.15, 0.2) is 0 Å². The maximum absolute atomic E-state index is 13.1. The first-order chi connectivity index (χ1) is 14.9. The number of likely N-dealkylation sites (N-methyl/N-ethyl adjacent to an activating group) is 1. The van der Waals surface area contributed by atoms with Crippen molar-refractivity contribution in [3.05, 3.63) is 35.8 Å². The number of aldehydes is 1. The summed E-state index contributed by atoms with van der Waals surface area (Å²) in [5, 5.41) is 4.16. The van der Waals surface area contributed by atoms with Gasteiger partial charge in [0.05, 0.1) is 0 Å². The maximum Gasteiger partial charge on any atom is 0.123 e. The number of nitrogens with one attached hydrogen (secondary N) is 2. The number of carbonyl (C=O) groups excluding carboxylic acids is 1. The third-order valence-corrected chi connectivity index (χ3v) is 4.88. The Morgan fingerprint density at radius 3 is 2.03 bits per heavy atom. The summed E-state index contributed by atoms with van der Waals surface area (Å²) in [7, 11) is 1.93. The molecular formula is C27H49FN2O. The van der Waals surface area contributed by atoms with Crippen LogP contribution in [-0.2, 0) is 11.2 Å². The molecule has 0 aliphatic carbocycles. The first-order valence-corrected chi connectivity index (χ1v) is 12.3. The lowest BCUT2D eigenvalue weighted by molar-refractivity contribution is -0.107. The first kappa shape index (κ1) is 31.5. The van der Waals surface area contributed by atoms with Gasteiger partial charge >= 0.3 is 0 Å². The molecular weight excluding hydrogens is 387 g/mol. The van der Waals surface area contributed by atoms with Gasteiger partial charge < -0.3 is 15.1 Å². The van der Waals surface area contributed by atoms with Crippen LogP contribution in [0.3, 0.4) is 0 Å². The van der Waals surface area contributed by atoms with E-state index in [0.717, 1.165) is 42.0 Å². The van der Waals surface area contributed by atoms with Crippen molar-refractivity contribution in [1.82, 2.24) is 10.3 Å². The Morgan fingerprint density at radius 1 is 0.968 bits per heavy atom. The van der Waals surface area contributed by atoms with Gasteiger partial charge in [-0.2, -0.15) is 0 Å². The van der Waals surface area contributed by atoms with Gasteiger partial charge in [-0.25, -0.2) is 4.39 Å². The van der Waals surface area contributed by atoms with Crippen molar-refractivity contribution >= 4 is 17.2 Å². The predicted molar refractivity (Wildman–Crippen MR) is 136 cm³/mol. The van der Waals surface area contributed by atoms with Crippen molar-refractivity contribution in [2.24, 2.45) is 0 Å². The zero-order chi connectivity index (χ0) is 23.9. The number of hydrogen-bond donors (Lipinski definition) is 2. The van der Waals surface area contributed by atoms with E-state index < -0.39 is 0 Å². The van der Waals surface area contributed by atoms with Crippen LogP contribution in [0, 0.1) is 5.82 Å². The Kier molecular flexibility index (Phi) is 23.4. The molecule has 0 saturated carbocycles. The van der Waals surface area contributed by atoms with E-state index in [0.29, 0.717) is 6.04 Å². The Balaban J connectivity index is 0. The minimum absolute atomic E-state index is 0.180. The molecule has 3 nitrogen and oxygen atoms in total. The van der Waals surface area contributed by atoms with Crippen LogP contribution >= 0.6 is 0 Å². The molecule has 1 aromatic heterocycles. The molecule has 1 aromatic carbocycles. The van der Waals surface area contributed by atoms with Crippen molar-refractivity contribution in [2.45, 2.75) is 112 Å². The second-order valence-corrected chi connectivity index (χ2v) is 7.91. The summed E-state index contributed by atoms with van der Waals surface area (Å²) >= 11 is 0. The zero-order valence-corrected chi connectivity index (χ0v) is 21.3. The molecule has 2 N–H and O–H groups in total. The fourth-order valence-electron chi connectivity index (χ4n) is 2.58. The van der Waals surface area contributed by atoms with Crippen LogP contribution in [0.5, 0.6) is 0 Å². The molecule has 31 heavy (non-hydrogen) atoms. The maximum atomic E-state index is 13.1. The topological polar surface area (TPSA) is 44.9 Å². The molecule has 0 fully saturated rings. The monoisotopic (exact) mass is 436 g/mol. The van der Waals surface area contributed by atoms with E-state index in [1.54, 1.807) is 12.1 Å². The summed E-state index contributed by atoms with van der Waals surface area (Å²) in [4.78, 5) is 12.8. The minimum atomic E-state index is -0.180. The molecule has 0 amide bonds. The SMILES string of the molecule is CCCC.CCCCC.CCCCCC=O.CNC(C)Cc1c[nH]c2ccc(F)cc12. The lowest BCUT2D eigenvalue weighted by atomic mass is 10.1. The summed E-state index contributed by atoms with van der Waals surface area (Å²) in [6.07, 6.45) is 14.8. The Hall–Kier alpha value is -1.68.